The summed E-state index contributed by atoms with van der Waals surface area (Å²) in [5.41, 5.74) is 3.78. The van der Waals surface area contributed by atoms with Crippen LogP contribution in [-0.2, 0) is 0 Å². The number of benzene rings is 6. The Hall–Kier alpha value is -6.27. The van der Waals surface area contributed by atoms with Gasteiger partial charge < -0.3 is 14.7 Å². The van der Waals surface area contributed by atoms with E-state index in [1.807, 2.05) is 109 Å². The monoisotopic (exact) mass is 627 g/mol. The summed E-state index contributed by atoms with van der Waals surface area (Å²) in [5.74, 6) is -0.483. The smallest absolute Gasteiger partial charge is 0.258 e. The first-order valence-corrected chi connectivity index (χ1v) is 15.8. The second kappa shape index (κ2) is 12.5. The van der Waals surface area contributed by atoms with Crippen LogP contribution in [0.4, 0.5) is 17.1 Å². The van der Waals surface area contributed by atoms with Gasteiger partial charge in [0.15, 0.2) is 0 Å². The van der Waals surface area contributed by atoms with Crippen molar-refractivity contribution in [1.29, 1.82) is 0 Å². The summed E-state index contributed by atoms with van der Waals surface area (Å²) in [7, 11) is 0. The molecule has 10 aliphatic heterocycles. The normalized spacial score (nSPS) is 13.5. The summed E-state index contributed by atoms with van der Waals surface area (Å²) in [6, 6.07) is 34.2. The lowest BCUT2D eigenvalue weighted by Gasteiger charge is -2.24. The van der Waals surface area contributed by atoms with Gasteiger partial charge in [-0.1, -0.05) is 54.6 Å². The molecule has 0 aromatic heterocycles. The van der Waals surface area contributed by atoms with Crippen LogP contribution in [0.25, 0.3) is 32.3 Å². The number of rotatable bonds is 6. The van der Waals surface area contributed by atoms with Gasteiger partial charge >= 0.3 is 0 Å². The minimum absolute atomic E-state index is 0.161. The van der Waals surface area contributed by atoms with Gasteiger partial charge in [0.25, 0.3) is 17.7 Å². The van der Waals surface area contributed by atoms with E-state index in [9.17, 15) is 14.4 Å². The molecule has 234 valence electrons. The number of carbonyl (C=O) groups excluding carboxylic acids is 3. The highest BCUT2D eigenvalue weighted by Crippen LogP contribution is 2.30. The molecule has 6 heteroatoms. The highest BCUT2D eigenvalue weighted by molar-refractivity contribution is 6.12. The van der Waals surface area contributed by atoms with Gasteiger partial charge in [0, 0.05) is 53.4 Å². The van der Waals surface area contributed by atoms with Crippen LogP contribution in [0.2, 0.25) is 0 Å². The Morgan fingerprint density at radius 1 is 0.375 bits per heavy atom. The molecule has 16 rings (SSSR count). The van der Waals surface area contributed by atoms with Crippen LogP contribution in [0.1, 0.15) is 31.1 Å². The predicted octanol–water partition coefficient (Wildman–Crippen LogP) is 8.96. The van der Waals surface area contributed by atoms with Crippen LogP contribution in [0.15, 0.2) is 147 Å². The third-order valence-electron chi connectivity index (χ3n) is 8.82. The lowest BCUT2D eigenvalue weighted by Crippen LogP contribution is -2.31. The molecule has 6 aromatic rings. The van der Waals surface area contributed by atoms with Crippen LogP contribution in [-0.4, -0.2) is 37.4 Å². The molecule has 6 nitrogen and oxygen atoms in total. The van der Waals surface area contributed by atoms with Crippen LogP contribution >= 0.6 is 0 Å². The molecular weight excluding hydrogens is 594 g/mol. The average Bonchev–Trinajstić information content (AvgIpc) is 3.12. The lowest BCUT2D eigenvalue weighted by atomic mass is 10.0. The van der Waals surface area contributed by atoms with Gasteiger partial charge in [0.2, 0.25) is 0 Å². The summed E-state index contributed by atoms with van der Waals surface area (Å²) in [5, 5.41) is 5.36. The van der Waals surface area contributed by atoms with Gasteiger partial charge in [-0.3, -0.25) is 14.4 Å². The number of hydrogen-bond donors (Lipinski definition) is 0. The summed E-state index contributed by atoms with van der Waals surface area (Å²) < 4.78 is 0. The third kappa shape index (κ3) is 5.43. The minimum Gasteiger partial charge on any atom is -0.305 e. The van der Waals surface area contributed by atoms with Crippen molar-refractivity contribution in [2.24, 2.45) is 0 Å². The maximum absolute atomic E-state index is 13.9. The van der Waals surface area contributed by atoms with Gasteiger partial charge in [-0.2, -0.15) is 0 Å². The van der Waals surface area contributed by atoms with E-state index in [1.165, 1.54) is 0 Å². The maximum Gasteiger partial charge on any atom is 0.258 e. The first kappa shape index (κ1) is 30.4. The van der Waals surface area contributed by atoms with Crippen molar-refractivity contribution >= 4 is 67.1 Å². The number of hydrogen-bond acceptors (Lipinski definition) is 3. The summed E-state index contributed by atoms with van der Waals surface area (Å²) in [4.78, 5) is 46.9. The minimum atomic E-state index is -0.161. The zero-order chi connectivity index (χ0) is 33.4. The Labute approximate surface area is 279 Å². The van der Waals surface area contributed by atoms with Crippen LogP contribution in [0.3, 0.4) is 0 Å². The maximum atomic E-state index is 13.9. The fourth-order valence-corrected chi connectivity index (χ4v) is 6.37. The molecule has 10 aliphatic rings. The fourth-order valence-electron chi connectivity index (χ4n) is 6.37. The highest BCUT2D eigenvalue weighted by Gasteiger charge is 2.22. The Morgan fingerprint density at radius 3 is 0.896 bits per heavy atom. The predicted molar refractivity (Wildman–Crippen MR) is 197 cm³/mol. The molecule has 0 unspecified atom stereocenters. The Bertz CT molecular complexity index is 2060. The lowest BCUT2D eigenvalue weighted by molar-refractivity contribution is 0.0982. The molecule has 0 saturated carbocycles. The second-order valence-corrected chi connectivity index (χ2v) is 11.9. The first-order valence-electron chi connectivity index (χ1n) is 15.8. The van der Waals surface area contributed by atoms with Crippen LogP contribution in [0.5, 0.6) is 0 Å². The molecule has 48 heavy (non-hydrogen) atoms. The number of carbonyl (C=O) groups is 3. The van der Waals surface area contributed by atoms with Crippen molar-refractivity contribution in [3.8, 4) is 0 Å². The van der Waals surface area contributed by atoms with E-state index in [0.717, 1.165) is 49.4 Å². The first-order chi connectivity index (χ1) is 23.4. The summed E-state index contributed by atoms with van der Waals surface area (Å²) >= 11 is 0. The summed E-state index contributed by atoms with van der Waals surface area (Å²) in [6.45, 7) is 12.6. The number of anilines is 3. The van der Waals surface area contributed by atoms with Crippen molar-refractivity contribution in [2.75, 3.05) is 34.3 Å². The Kier molecular flexibility index (Phi) is 7.91. The van der Waals surface area contributed by atoms with E-state index in [4.69, 9.17) is 0 Å². The van der Waals surface area contributed by atoms with Gasteiger partial charge in [0.05, 0.1) is 0 Å². The third-order valence-corrected chi connectivity index (χ3v) is 8.82. The van der Waals surface area contributed by atoms with Crippen LogP contribution in [0, 0.1) is 0 Å². The van der Waals surface area contributed by atoms with Gasteiger partial charge in [-0.05, 0) is 105 Å². The van der Waals surface area contributed by atoms with Crippen LogP contribution < -0.4 is 14.7 Å². The van der Waals surface area contributed by atoms with Crippen molar-refractivity contribution in [2.45, 2.75) is 0 Å². The van der Waals surface area contributed by atoms with Gasteiger partial charge in [0.1, 0.15) is 0 Å². The molecule has 0 spiro atoms. The molecule has 0 aliphatic carbocycles. The van der Waals surface area contributed by atoms with Gasteiger partial charge in [-0.15, -0.1) is 19.7 Å². The van der Waals surface area contributed by atoms with Crippen molar-refractivity contribution < 1.29 is 14.4 Å². The standard InChI is InChI=1S/C42H33N3O3/c1-4-19-43-37-16-13-28-23-35(11-8-31(28)25-37)41(47)45(21-6-3)39-18-15-30-24-36(12-9-33(30)27-39)42(48)44(20-5-2)38-17-14-29-22-34(40(43)46)10-7-32(29)26-38/h4-18,22-27H,1-3,19-21H2. The van der Waals surface area contributed by atoms with E-state index >= 15 is 0 Å². The zero-order valence-electron chi connectivity index (χ0n) is 26.4. The topological polar surface area (TPSA) is 60.9 Å². The van der Waals surface area contributed by atoms with E-state index < -0.39 is 0 Å². The molecule has 3 amide bonds. The van der Waals surface area contributed by atoms with Crippen molar-refractivity contribution in [3.05, 3.63) is 164 Å². The molecular formula is C42H33N3O3. The van der Waals surface area contributed by atoms with E-state index in [1.54, 1.807) is 32.9 Å². The Morgan fingerprint density at radius 2 is 0.625 bits per heavy atom. The SMILES string of the molecule is C=CCN1C(=O)c2ccc3cc(ccc3c2)N(CC=C)C(=O)c2ccc3cc(ccc3c2)N(CC=C)C(=O)c2ccc3cc1ccc3c2. The largest absolute Gasteiger partial charge is 0.305 e. The fraction of sp³-hybridized carbons (Fsp3) is 0.0714. The molecule has 0 radical (unpaired) electrons. The molecule has 6 aromatic carbocycles. The van der Waals surface area contributed by atoms with Gasteiger partial charge in [-0.25, -0.2) is 0 Å². The highest BCUT2D eigenvalue weighted by atomic mass is 16.2. The van der Waals surface area contributed by atoms with Crippen molar-refractivity contribution in [3.63, 3.8) is 0 Å². The summed E-state index contributed by atoms with van der Waals surface area (Å²) in [6.07, 6.45) is 5.11. The number of amides is 3. The zero-order valence-corrected chi connectivity index (χ0v) is 26.4. The van der Waals surface area contributed by atoms with E-state index in [0.29, 0.717) is 36.3 Å². The molecule has 0 saturated heterocycles. The Balaban J connectivity index is 1.42. The molecule has 0 atom stereocenters. The van der Waals surface area contributed by atoms with E-state index in [2.05, 4.69) is 19.7 Å². The molecule has 0 fully saturated rings. The van der Waals surface area contributed by atoms with E-state index in [-0.39, 0.29) is 17.7 Å². The second-order valence-electron chi connectivity index (χ2n) is 11.9. The molecule has 0 N–H and O–H groups in total. The average molecular weight is 628 g/mol. The molecule has 10 heterocycles. The molecule has 12 bridgehead atoms. The quantitative estimate of drug-likeness (QED) is 0.173. The van der Waals surface area contributed by atoms with Crippen molar-refractivity contribution in [1.82, 2.24) is 0 Å². The number of nitrogens with zero attached hydrogens (tertiary/aromatic N) is 3.